The molecular formula is C10H16N2. The molecular weight excluding hydrogens is 148 g/mol. The van der Waals surface area contributed by atoms with Crippen LogP contribution >= 0.6 is 0 Å². The third-order valence-electron chi connectivity index (χ3n) is 1.89. The van der Waals surface area contributed by atoms with Crippen LogP contribution in [-0.4, -0.2) is 10.2 Å². The molecule has 1 rings (SSSR count). The molecule has 12 heavy (non-hydrogen) atoms. The average Bonchev–Trinajstić information content (AvgIpc) is 2.04. The first-order chi connectivity index (χ1) is 5.61. The molecule has 0 radical (unpaired) electrons. The number of rotatable bonds is 2. The monoisotopic (exact) mass is 164 g/mol. The summed E-state index contributed by atoms with van der Waals surface area (Å²) in [6, 6.07) is 4.12. The Kier molecular flexibility index (Phi) is 2.79. The first-order valence-corrected chi connectivity index (χ1v) is 4.44. The lowest BCUT2D eigenvalue weighted by atomic mass is 10.1. The molecule has 2 heteroatoms. The Morgan fingerprint density at radius 1 is 0.833 bits per heavy atom. The summed E-state index contributed by atoms with van der Waals surface area (Å²) in [5.74, 6) is 0.942. The molecule has 0 aromatic carbocycles. The predicted molar refractivity (Wildman–Crippen MR) is 50.2 cm³/mol. The third-order valence-corrected chi connectivity index (χ3v) is 1.89. The largest absolute Gasteiger partial charge is 0.155 e. The second kappa shape index (κ2) is 3.65. The van der Waals surface area contributed by atoms with Gasteiger partial charge in [-0.25, -0.2) is 0 Å². The zero-order valence-corrected chi connectivity index (χ0v) is 8.20. The fourth-order valence-electron chi connectivity index (χ4n) is 0.969. The van der Waals surface area contributed by atoms with Crippen molar-refractivity contribution in [2.24, 2.45) is 0 Å². The molecule has 0 aliphatic carbocycles. The van der Waals surface area contributed by atoms with E-state index < -0.39 is 0 Å². The molecule has 0 aliphatic rings. The van der Waals surface area contributed by atoms with Crippen LogP contribution in [-0.2, 0) is 0 Å². The summed E-state index contributed by atoms with van der Waals surface area (Å²) in [4.78, 5) is 0. The maximum absolute atomic E-state index is 4.15. The second-order valence-electron chi connectivity index (χ2n) is 3.69. The summed E-state index contributed by atoms with van der Waals surface area (Å²) in [6.45, 7) is 8.50. The first kappa shape index (κ1) is 9.17. The van der Waals surface area contributed by atoms with Gasteiger partial charge in [-0.2, -0.15) is 10.2 Å². The molecule has 0 saturated carbocycles. The molecule has 1 heterocycles. The van der Waals surface area contributed by atoms with E-state index in [0.717, 1.165) is 11.4 Å². The SMILES string of the molecule is CC(C)c1ccc(C(C)C)nn1. The van der Waals surface area contributed by atoms with E-state index in [9.17, 15) is 0 Å². The number of hydrogen-bond donors (Lipinski definition) is 0. The minimum Gasteiger partial charge on any atom is -0.155 e. The maximum Gasteiger partial charge on any atom is 0.0656 e. The van der Waals surface area contributed by atoms with E-state index in [1.165, 1.54) is 0 Å². The van der Waals surface area contributed by atoms with Gasteiger partial charge in [0, 0.05) is 0 Å². The van der Waals surface area contributed by atoms with Crippen molar-refractivity contribution in [2.45, 2.75) is 39.5 Å². The van der Waals surface area contributed by atoms with Gasteiger partial charge in [-0.15, -0.1) is 0 Å². The molecule has 0 bridgehead atoms. The van der Waals surface area contributed by atoms with Crippen molar-refractivity contribution in [3.8, 4) is 0 Å². The van der Waals surface area contributed by atoms with Gasteiger partial charge < -0.3 is 0 Å². The zero-order chi connectivity index (χ0) is 9.14. The first-order valence-electron chi connectivity index (χ1n) is 4.44. The van der Waals surface area contributed by atoms with Crippen molar-refractivity contribution in [2.75, 3.05) is 0 Å². The van der Waals surface area contributed by atoms with Crippen LogP contribution in [0.25, 0.3) is 0 Å². The Balaban J connectivity index is 2.86. The fraction of sp³-hybridized carbons (Fsp3) is 0.600. The molecule has 0 spiro atoms. The van der Waals surface area contributed by atoms with E-state index in [1.54, 1.807) is 0 Å². The van der Waals surface area contributed by atoms with Crippen LogP contribution in [0.3, 0.4) is 0 Å². The van der Waals surface area contributed by atoms with E-state index in [1.807, 2.05) is 0 Å². The summed E-state index contributed by atoms with van der Waals surface area (Å²) in [5.41, 5.74) is 2.14. The summed E-state index contributed by atoms with van der Waals surface area (Å²) < 4.78 is 0. The fourth-order valence-corrected chi connectivity index (χ4v) is 0.969. The van der Waals surface area contributed by atoms with Crippen molar-refractivity contribution >= 4 is 0 Å². The van der Waals surface area contributed by atoms with Gasteiger partial charge in [0.1, 0.15) is 0 Å². The highest BCUT2D eigenvalue weighted by molar-refractivity contribution is 5.11. The Hall–Kier alpha value is -0.920. The van der Waals surface area contributed by atoms with Gasteiger partial charge in [0.15, 0.2) is 0 Å². The summed E-state index contributed by atoms with van der Waals surface area (Å²) >= 11 is 0. The highest BCUT2D eigenvalue weighted by Gasteiger charge is 2.03. The highest BCUT2D eigenvalue weighted by atomic mass is 15.1. The molecule has 66 valence electrons. The minimum absolute atomic E-state index is 0.471. The Morgan fingerprint density at radius 3 is 1.33 bits per heavy atom. The van der Waals surface area contributed by atoms with Gasteiger partial charge in [0.2, 0.25) is 0 Å². The predicted octanol–water partition coefficient (Wildman–Crippen LogP) is 2.72. The van der Waals surface area contributed by atoms with Crippen molar-refractivity contribution in [3.63, 3.8) is 0 Å². The van der Waals surface area contributed by atoms with Crippen molar-refractivity contribution in [1.82, 2.24) is 10.2 Å². The van der Waals surface area contributed by atoms with Crippen molar-refractivity contribution in [3.05, 3.63) is 23.5 Å². The Bertz CT molecular complexity index is 210. The van der Waals surface area contributed by atoms with E-state index in [-0.39, 0.29) is 0 Å². The quantitative estimate of drug-likeness (QED) is 0.671. The lowest BCUT2D eigenvalue weighted by Crippen LogP contribution is -1.99. The summed E-state index contributed by atoms with van der Waals surface area (Å²) in [7, 11) is 0. The third kappa shape index (κ3) is 2.03. The number of nitrogens with zero attached hydrogens (tertiary/aromatic N) is 2. The second-order valence-corrected chi connectivity index (χ2v) is 3.69. The molecule has 0 N–H and O–H groups in total. The van der Waals surface area contributed by atoms with E-state index in [0.29, 0.717) is 11.8 Å². The van der Waals surface area contributed by atoms with Crippen LogP contribution < -0.4 is 0 Å². The van der Waals surface area contributed by atoms with Crippen LogP contribution in [0.15, 0.2) is 12.1 Å². The molecule has 0 saturated heterocycles. The van der Waals surface area contributed by atoms with Gasteiger partial charge in [-0.3, -0.25) is 0 Å². The lowest BCUT2D eigenvalue weighted by Gasteiger charge is -2.05. The molecule has 2 nitrogen and oxygen atoms in total. The van der Waals surface area contributed by atoms with E-state index in [4.69, 9.17) is 0 Å². The number of aromatic nitrogens is 2. The average molecular weight is 164 g/mol. The van der Waals surface area contributed by atoms with Crippen LogP contribution in [0.5, 0.6) is 0 Å². The molecule has 0 aliphatic heterocycles. The standard InChI is InChI=1S/C10H16N2/c1-7(2)9-5-6-10(8(3)4)12-11-9/h5-8H,1-4H3. The van der Waals surface area contributed by atoms with Crippen LogP contribution in [0.2, 0.25) is 0 Å². The summed E-state index contributed by atoms with van der Waals surface area (Å²) in [6.07, 6.45) is 0. The molecule has 1 aromatic heterocycles. The van der Waals surface area contributed by atoms with Crippen molar-refractivity contribution in [1.29, 1.82) is 0 Å². The smallest absolute Gasteiger partial charge is 0.0656 e. The van der Waals surface area contributed by atoms with Gasteiger partial charge >= 0.3 is 0 Å². The normalized spacial score (nSPS) is 11.2. The van der Waals surface area contributed by atoms with Gasteiger partial charge in [0.25, 0.3) is 0 Å². The lowest BCUT2D eigenvalue weighted by molar-refractivity contribution is 0.733. The van der Waals surface area contributed by atoms with Gasteiger partial charge in [-0.1, -0.05) is 27.7 Å². The topological polar surface area (TPSA) is 25.8 Å². The zero-order valence-electron chi connectivity index (χ0n) is 8.20. The van der Waals surface area contributed by atoms with Gasteiger partial charge in [0.05, 0.1) is 11.4 Å². The van der Waals surface area contributed by atoms with E-state index >= 15 is 0 Å². The van der Waals surface area contributed by atoms with Crippen molar-refractivity contribution < 1.29 is 0 Å². The van der Waals surface area contributed by atoms with Crippen LogP contribution in [0.1, 0.15) is 50.9 Å². The Labute approximate surface area is 74.0 Å². The van der Waals surface area contributed by atoms with Crippen LogP contribution in [0, 0.1) is 0 Å². The van der Waals surface area contributed by atoms with E-state index in [2.05, 4.69) is 50.0 Å². The maximum atomic E-state index is 4.15. The molecule has 1 aromatic rings. The minimum atomic E-state index is 0.471. The van der Waals surface area contributed by atoms with Gasteiger partial charge in [-0.05, 0) is 24.0 Å². The molecule has 0 atom stereocenters. The molecule has 0 unspecified atom stereocenters. The highest BCUT2D eigenvalue weighted by Crippen LogP contribution is 2.13. The van der Waals surface area contributed by atoms with Crippen LogP contribution in [0.4, 0.5) is 0 Å². The number of hydrogen-bond acceptors (Lipinski definition) is 2. The Morgan fingerprint density at radius 2 is 1.17 bits per heavy atom. The summed E-state index contributed by atoms with van der Waals surface area (Å²) in [5, 5.41) is 8.30. The molecule has 0 amide bonds. The molecule has 0 fully saturated rings.